The number of hydrogen-bond donors (Lipinski definition) is 1. The summed E-state index contributed by atoms with van der Waals surface area (Å²) in [5.74, 6) is -0.161. The van der Waals surface area contributed by atoms with E-state index in [-0.39, 0.29) is 11.9 Å². The topological polar surface area (TPSA) is 46.5 Å². The molecule has 0 unspecified atom stereocenters. The SMILES string of the molecule is Cn1cccc1[C@@H](CNC(=O)c1ccc(Cl)c(Cl)c1)N1CCOCC1. The molecule has 0 bridgehead atoms. The van der Waals surface area contributed by atoms with Gasteiger partial charge in [-0.15, -0.1) is 0 Å². The van der Waals surface area contributed by atoms with Crippen molar-refractivity contribution in [1.29, 1.82) is 0 Å². The van der Waals surface area contributed by atoms with Gasteiger partial charge in [-0.3, -0.25) is 9.69 Å². The molecule has 1 N–H and O–H groups in total. The van der Waals surface area contributed by atoms with Gasteiger partial charge in [-0.25, -0.2) is 0 Å². The molecule has 25 heavy (non-hydrogen) atoms. The highest BCUT2D eigenvalue weighted by Crippen LogP contribution is 2.24. The highest BCUT2D eigenvalue weighted by Gasteiger charge is 2.25. The molecular formula is C18H21Cl2N3O2. The third-order valence-corrected chi connectivity index (χ3v) is 5.19. The number of rotatable bonds is 5. The highest BCUT2D eigenvalue weighted by molar-refractivity contribution is 6.42. The van der Waals surface area contributed by atoms with E-state index in [1.807, 2.05) is 19.3 Å². The molecule has 3 rings (SSSR count). The number of aromatic nitrogens is 1. The standard InChI is InChI=1S/C18H21Cl2N3O2/c1-22-6-2-3-16(22)17(23-7-9-25-10-8-23)12-21-18(24)13-4-5-14(19)15(20)11-13/h2-6,11,17H,7-10,12H2,1H3,(H,21,24)/t17-/m1/s1. The molecule has 0 saturated carbocycles. The van der Waals surface area contributed by atoms with E-state index in [2.05, 4.69) is 20.9 Å². The number of carbonyl (C=O) groups is 1. The minimum absolute atomic E-state index is 0.0932. The second-order valence-corrected chi connectivity index (χ2v) is 6.86. The van der Waals surface area contributed by atoms with Crippen molar-refractivity contribution in [2.75, 3.05) is 32.8 Å². The lowest BCUT2D eigenvalue weighted by atomic mass is 10.1. The largest absolute Gasteiger partial charge is 0.379 e. The number of nitrogens with zero attached hydrogens (tertiary/aromatic N) is 2. The van der Waals surface area contributed by atoms with Gasteiger partial charge < -0.3 is 14.6 Å². The number of nitrogens with one attached hydrogen (secondary N) is 1. The van der Waals surface area contributed by atoms with Crippen molar-refractivity contribution in [2.45, 2.75) is 6.04 Å². The van der Waals surface area contributed by atoms with Crippen molar-refractivity contribution in [1.82, 2.24) is 14.8 Å². The maximum Gasteiger partial charge on any atom is 0.251 e. The summed E-state index contributed by atoms with van der Waals surface area (Å²) >= 11 is 11.9. The Hall–Kier alpha value is -1.53. The first-order chi connectivity index (χ1) is 12.1. The molecule has 1 atom stereocenters. The molecule has 0 radical (unpaired) electrons. The molecule has 2 aromatic rings. The van der Waals surface area contributed by atoms with Gasteiger partial charge in [-0.1, -0.05) is 23.2 Å². The number of amides is 1. The Kier molecular flexibility index (Phi) is 6.02. The van der Waals surface area contributed by atoms with Crippen molar-refractivity contribution in [3.05, 3.63) is 57.8 Å². The lowest BCUT2D eigenvalue weighted by molar-refractivity contribution is 0.0148. The number of morpholine rings is 1. The number of carbonyl (C=O) groups excluding carboxylic acids is 1. The van der Waals surface area contributed by atoms with E-state index >= 15 is 0 Å². The van der Waals surface area contributed by atoms with Crippen LogP contribution in [-0.2, 0) is 11.8 Å². The van der Waals surface area contributed by atoms with Crippen LogP contribution in [0.15, 0.2) is 36.5 Å². The van der Waals surface area contributed by atoms with E-state index in [1.54, 1.807) is 18.2 Å². The van der Waals surface area contributed by atoms with Crippen LogP contribution in [0.4, 0.5) is 0 Å². The van der Waals surface area contributed by atoms with Gasteiger partial charge in [0.25, 0.3) is 5.91 Å². The van der Waals surface area contributed by atoms with Gasteiger partial charge in [0, 0.05) is 44.1 Å². The van der Waals surface area contributed by atoms with Gasteiger partial charge in [0.15, 0.2) is 0 Å². The molecule has 1 aromatic heterocycles. The third-order valence-electron chi connectivity index (χ3n) is 4.45. The lowest BCUT2D eigenvalue weighted by Crippen LogP contribution is -2.44. The third kappa shape index (κ3) is 4.36. The van der Waals surface area contributed by atoms with E-state index in [0.717, 1.165) is 18.8 Å². The van der Waals surface area contributed by atoms with E-state index in [9.17, 15) is 4.79 Å². The first-order valence-electron chi connectivity index (χ1n) is 8.22. The maximum atomic E-state index is 12.5. The average molecular weight is 382 g/mol. The van der Waals surface area contributed by atoms with Crippen LogP contribution in [0.5, 0.6) is 0 Å². The fourth-order valence-electron chi connectivity index (χ4n) is 3.06. The van der Waals surface area contributed by atoms with Crippen LogP contribution in [0.1, 0.15) is 22.1 Å². The molecule has 2 heterocycles. The first-order valence-corrected chi connectivity index (χ1v) is 8.98. The Morgan fingerprint density at radius 3 is 2.64 bits per heavy atom. The van der Waals surface area contributed by atoms with Crippen molar-refractivity contribution >= 4 is 29.1 Å². The zero-order valence-corrected chi connectivity index (χ0v) is 15.6. The van der Waals surface area contributed by atoms with Gasteiger partial charge in [0.2, 0.25) is 0 Å². The summed E-state index contributed by atoms with van der Waals surface area (Å²) in [5.41, 5.74) is 1.67. The van der Waals surface area contributed by atoms with Crippen molar-refractivity contribution in [2.24, 2.45) is 7.05 Å². The molecule has 0 aliphatic carbocycles. The molecule has 1 amide bonds. The summed E-state index contributed by atoms with van der Waals surface area (Å²) < 4.78 is 7.54. The smallest absolute Gasteiger partial charge is 0.251 e. The fourth-order valence-corrected chi connectivity index (χ4v) is 3.36. The zero-order chi connectivity index (χ0) is 17.8. The lowest BCUT2D eigenvalue weighted by Gasteiger charge is -2.35. The summed E-state index contributed by atoms with van der Waals surface area (Å²) in [7, 11) is 2.02. The molecule has 1 aliphatic rings. The summed E-state index contributed by atoms with van der Waals surface area (Å²) in [6.07, 6.45) is 2.02. The second kappa shape index (κ2) is 8.23. The van der Waals surface area contributed by atoms with Crippen molar-refractivity contribution in [3.8, 4) is 0 Å². The van der Waals surface area contributed by atoms with Crippen LogP contribution in [0.2, 0.25) is 10.0 Å². The van der Waals surface area contributed by atoms with Crippen LogP contribution in [0.3, 0.4) is 0 Å². The quantitative estimate of drug-likeness (QED) is 0.865. The predicted octanol–water partition coefficient (Wildman–Crippen LogP) is 3.14. The minimum atomic E-state index is -0.161. The number of aryl methyl sites for hydroxylation is 1. The Morgan fingerprint density at radius 1 is 1.24 bits per heavy atom. The van der Waals surface area contributed by atoms with E-state index in [1.165, 1.54) is 0 Å². The average Bonchev–Trinajstić information content (AvgIpc) is 3.04. The summed E-state index contributed by atoms with van der Waals surface area (Å²) in [6, 6.07) is 9.10. The molecule has 5 nitrogen and oxygen atoms in total. The fraction of sp³-hybridized carbons (Fsp3) is 0.389. The second-order valence-electron chi connectivity index (χ2n) is 6.05. The van der Waals surface area contributed by atoms with Gasteiger partial charge in [0.1, 0.15) is 0 Å². The summed E-state index contributed by atoms with van der Waals surface area (Å²) in [5, 5.41) is 3.84. The summed E-state index contributed by atoms with van der Waals surface area (Å²) in [4.78, 5) is 14.8. The Morgan fingerprint density at radius 2 is 2.00 bits per heavy atom. The Balaban J connectivity index is 1.72. The first kappa shape index (κ1) is 18.3. The molecular weight excluding hydrogens is 361 g/mol. The van der Waals surface area contributed by atoms with Crippen LogP contribution in [-0.4, -0.2) is 48.2 Å². The van der Waals surface area contributed by atoms with E-state index in [4.69, 9.17) is 27.9 Å². The normalized spacial score (nSPS) is 16.6. The molecule has 7 heteroatoms. The number of benzene rings is 1. The molecule has 1 saturated heterocycles. The van der Waals surface area contributed by atoms with E-state index < -0.39 is 0 Å². The molecule has 0 spiro atoms. The zero-order valence-electron chi connectivity index (χ0n) is 14.0. The van der Waals surface area contributed by atoms with Gasteiger partial charge >= 0.3 is 0 Å². The predicted molar refractivity (Wildman–Crippen MR) is 99.3 cm³/mol. The minimum Gasteiger partial charge on any atom is -0.379 e. The number of hydrogen-bond acceptors (Lipinski definition) is 3. The number of halogens is 2. The van der Waals surface area contributed by atoms with Crippen LogP contribution < -0.4 is 5.32 Å². The summed E-state index contributed by atoms with van der Waals surface area (Å²) in [6.45, 7) is 3.62. The van der Waals surface area contributed by atoms with E-state index in [0.29, 0.717) is 35.4 Å². The van der Waals surface area contributed by atoms with Crippen molar-refractivity contribution < 1.29 is 9.53 Å². The van der Waals surface area contributed by atoms with Crippen LogP contribution in [0, 0.1) is 0 Å². The van der Waals surface area contributed by atoms with Crippen molar-refractivity contribution in [3.63, 3.8) is 0 Å². The molecule has 1 fully saturated rings. The molecule has 134 valence electrons. The van der Waals surface area contributed by atoms with Gasteiger partial charge in [-0.2, -0.15) is 0 Å². The maximum absolute atomic E-state index is 12.5. The highest BCUT2D eigenvalue weighted by atomic mass is 35.5. The Bertz CT molecular complexity index is 742. The Labute approximate surface area is 157 Å². The van der Waals surface area contributed by atoms with Gasteiger partial charge in [0.05, 0.1) is 29.3 Å². The van der Waals surface area contributed by atoms with Gasteiger partial charge in [-0.05, 0) is 30.3 Å². The molecule has 1 aliphatic heterocycles. The monoisotopic (exact) mass is 381 g/mol. The van der Waals surface area contributed by atoms with Crippen LogP contribution >= 0.6 is 23.2 Å². The number of ether oxygens (including phenoxy) is 1. The molecule has 1 aromatic carbocycles. The van der Waals surface area contributed by atoms with Crippen LogP contribution in [0.25, 0.3) is 0 Å².